The summed E-state index contributed by atoms with van der Waals surface area (Å²) in [6.07, 6.45) is 0.629. The number of anilines is 1. The lowest BCUT2D eigenvalue weighted by Gasteiger charge is -2.05. The minimum absolute atomic E-state index is 0.209. The molecule has 5 heteroatoms. The third-order valence-corrected chi connectivity index (χ3v) is 4.38. The van der Waals surface area contributed by atoms with Gasteiger partial charge in [-0.1, -0.05) is 24.6 Å². The van der Waals surface area contributed by atoms with E-state index in [0.29, 0.717) is 17.0 Å². The molecule has 0 aliphatic rings. The summed E-state index contributed by atoms with van der Waals surface area (Å²) in [5.74, 6) is -1.29. The molecule has 0 unspecified atom stereocenters. The van der Waals surface area contributed by atoms with Gasteiger partial charge in [0.25, 0.3) is 5.91 Å². The van der Waals surface area contributed by atoms with Gasteiger partial charge in [0.1, 0.15) is 5.00 Å². The molecule has 2 N–H and O–H groups in total. The Bertz CT molecular complexity index is 686. The van der Waals surface area contributed by atoms with E-state index >= 15 is 0 Å². The van der Waals surface area contributed by atoms with E-state index in [-0.39, 0.29) is 11.5 Å². The van der Waals surface area contributed by atoms with Crippen molar-refractivity contribution in [2.24, 2.45) is 0 Å². The van der Waals surface area contributed by atoms with Crippen LogP contribution in [0.2, 0.25) is 0 Å². The highest BCUT2D eigenvalue weighted by Gasteiger charge is 2.22. The standard InChI is InChI=1S/C16H17NO3S/c1-4-12-10(3)21-15(13(12)16(19)20)17-14(18)11-7-5-9(2)6-8-11/h5-8H,4H2,1-3H3,(H,17,18)(H,19,20). The molecule has 1 aromatic heterocycles. The van der Waals surface area contributed by atoms with Crippen LogP contribution in [0.1, 0.15) is 43.6 Å². The zero-order valence-corrected chi connectivity index (χ0v) is 13.0. The maximum Gasteiger partial charge on any atom is 0.339 e. The number of thiophene rings is 1. The van der Waals surface area contributed by atoms with Gasteiger partial charge in [-0.05, 0) is 38.0 Å². The highest BCUT2D eigenvalue weighted by atomic mass is 32.1. The van der Waals surface area contributed by atoms with E-state index in [1.54, 1.807) is 12.1 Å². The Labute approximate surface area is 127 Å². The molecule has 110 valence electrons. The van der Waals surface area contributed by atoms with Crippen molar-refractivity contribution >= 4 is 28.2 Å². The fourth-order valence-corrected chi connectivity index (χ4v) is 3.33. The monoisotopic (exact) mass is 303 g/mol. The molecule has 0 atom stereocenters. The Morgan fingerprint density at radius 3 is 2.33 bits per heavy atom. The smallest absolute Gasteiger partial charge is 0.339 e. The lowest BCUT2D eigenvalue weighted by Crippen LogP contribution is -2.13. The highest BCUT2D eigenvalue weighted by molar-refractivity contribution is 7.16. The molecule has 0 radical (unpaired) electrons. The van der Waals surface area contributed by atoms with Crippen LogP contribution in [0.3, 0.4) is 0 Å². The number of benzene rings is 1. The van der Waals surface area contributed by atoms with E-state index in [1.807, 2.05) is 32.9 Å². The molecule has 0 aliphatic heterocycles. The molecule has 1 amide bonds. The summed E-state index contributed by atoms with van der Waals surface area (Å²) in [6.45, 7) is 5.73. The number of amides is 1. The number of rotatable bonds is 4. The van der Waals surface area contributed by atoms with Gasteiger partial charge < -0.3 is 10.4 Å². The second kappa shape index (κ2) is 6.10. The average Bonchev–Trinajstić information content (AvgIpc) is 2.75. The quantitative estimate of drug-likeness (QED) is 0.900. The Kier molecular flexibility index (Phi) is 4.43. The van der Waals surface area contributed by atoms with Gasteiger partial charge in [-0.2, -0.15) is 0 Å². The van der Waals surface area contributed by atoms with E-state index < -0.39 is 5.97 Å². The summed E-state index contributed by atoms with van der Waals surface area (Å²) >= 11 is 1.31. The fourth-order valence-electron chi connectivity index (χ4n) is 2.20. The van der Waals surface area contributed by atoms with Crippen molar-refractivity contribution in [3.05, 3.63) is 51.4 Å². The summed E-state index contributed by atoms with van der Waals surface area (Å²) in [6, 6.07) is 7.16. The first-order valence-corrected chi connectivity index (χ1v) is 7.49. The van der Waals surface area contributed by atoms with Crippen LogP contribution < -0.4 is 5.32 Å². The molecule has 1 heterocycles. The molecule has 21 heavy (non-hydrogen) atoms. The summed E-state index contributed by atoms with van der Waals surface area (Å²) in [4.78, 5) is 24.6. The largest absolute Gasteiger partial charge is 0.478 e. The number of carbonyl (C=O) groups is 2. The maximum absolute atomic E-state index is 12.2. The number of aryl methyl sites for hydroxylation is 2. The van der Waals surface area contributed by atoms with Crippen LogP contribution in [0, 0.1) is 13.8 Å². The van der Waals surface area contributed by atoms with Crippen LogP contribution in [0.25, 0.3) is 0 Å². The minimum atomic E-state index is -1.00. The van der Waals surface area contributed by atoms with Gasteiger partial charge in [0.05, 0.1) is 5.56 Å². The van der Waals surface area contributed by atoms with Gasteiger partial charge in [0.2, 0.25) is 0 Å². The van der Waals surface area contributed by atoms with Gasteiger partial charge in [-0.25, -0.2) is 4.79 Å². The topological polar surface area (TPSA) is 66.4 Å². The Balaban J connectivity index is 2.33. The van der Waals surface area contributed by atoms with Crippen molar-refractivity contribution in [2.75, 3.05) is 5.32 Å². The van der Waals surface area contributed by atoms with Gasteiger partial charge in [-0.15, -0.1) is 11.3 Å². The van der Waals surface area contributed by atoms with E-state index in [9.17, 15) is 14.7 Å². The van der Waals surface area contributed by atoms with Crippen molar-refractivity contribution < 1.29 is 14.7 Å². The number of carboxylic acid groups (broad SMARTS) is 1. The van der Waals surface area contributed by atoms with Crippen LogP contribution in [-0.2, 0) is 6.42 Å². The number of hydrogen-bond donors (Lipinski definition) is 2. The summed E-state index contributed by atoms with van der Waals surface area (Å²) < 4.78 is 0. The zero-order chi connectivity index (χ0) is 15.6. The van der Waals surface area contributed by atoms with Gasteiger partial charge in [-0.3, -0.25) is 4.79 Å². The predicted molar refractivity (Wildman–Crippen MR) is 84.5 cm³/mol. The molecule has 0 saturated heterocycles. The predicted octanol–water partition coefficient (Wildman–Crippen LogP) is 3.88. The van der Waals surface area contributed by atoms with E-state index in [4.69, 9.17) is 0 Å². The fraction of sp³-hybridized carbons (Fsp3) is 0.250. The van der Waals surface area contributed by atoms with Crippen LogP contribution in [-0.4, -0.2) is 17.0 Å². The van der Waals surface area contributed by atoms with Crippen molar-refractivity contribution in [3.63, 3.8) is 0 Å². The molecule has 0 aliphatic carbocycles. The SMILES string of the molecule is CCc1c(C)sc(NC(=O)c2ccc(C)cc2)c1C(=O)O. The molecule has 0 saturated carbocycles. The zero-order valence-electron chi connectivity index (χ0n) is 12.2. The Morgan fingerprint density at radius 1 is 1.19 bits per heavy atom. The lowest BCUT2D eigenvalue weighted by molar-refractivity contribution is 0.0697. The average molecular weight is 303 g/mol. The van der Waals surface area contributed by atoms with Crippen molar-refractivity contribution in [2.45, 2.75) is 27.2 Å². The molecule has 2 rings (SSSR count). The molecule has 4 nitrogen and oxygen atoms in total. The maximum atomic E-state index is 12.2. The number of carbonyl (C=O) groups excluding carboxylic acids is 1. The van der Waals surface area contributed by atoms with E-state index in [1.165, 1.54) is 11.3 Å². The van der Waals surface area contributed by atoms with Crippen molar-refractivity contribution in [3.8, 4) is 0 Å². The molecule has 0 fully saturated rings. The second-order valence-corrected chi connectivity index (χ2v) is 6.04. The van der Waals surface area contributed by atoms with Gasteiger partial charge >= 0.3 is 5.97 Å². The lowest BCUT2D eigenvalue weighted by atomic mass is 10.1. The van der Waals surface area contributed by atoms with Gasteiger partial charge in [0.15, 0.2) is 0 Å². The third-order valence-electron chi connectivity index (χ3n) is 3.32. The second-order valence-electron chi connectivity index (χ2n) is 4.82. The molecule has 1 aromatic carbocycles. The molecular weight excluding hydrogens is 286 g/mol. The molecule has 0 bridgehead atoms. The van der Waals surface area contributed by atoms with Crippen LogP contribution >= 0.6 is 11.3 Å². The van der Waals surface area contributed by atoms with Crippen LogP contribution in [0.15, 0.2) is 24.3 Å². The van der Waals surface area contributed by atoms with Crippen LogP contribution in [0.5, 0.6) is 0 Å². The van der Waals surface area contributed by atoms with Gasteiger partial charge in [0, 0.05) is 10.4 Å². The van der Waals surface area contributed by atoms with Crippen molar-refractivity contribution in [1.29, 1.82) is 0 Å². The van der Waals surface area contributed by atoms with E-state index in [2.05, 4.69) is 5.32 Å². The Hall–Kier alpha value is -2.14. The van der Waals surface area contributed by atoms with Crippen LogP contribution in [0.4, 0.5) is 5.00 Å². The van der Waals surface area contributed by atoms with Crippen molar-refractivity contribution in [1.82, 2.24) is 0 Å². The summed E-state index contributed by atoms with van der Waals surface area (Å²) in [5, 5.41) is 12.5. The molecule has 0 spiro atoms. The first-order valence-electron chi connectivity index (χ1n) is 6.67. The minimum Gasteiger partial charge on any atom is -0.478 e. The number of nitrogens with one attached hydrogen (secondary N) is 1. The number of carboxylic acids is 1. The molecular formula is C16H17NO3S. The highest BCUT2D eigenvalue weighted by Crippen LogP contribution is 2.33. The molecule has 2 aromatic rings. The number of hydrogen-bond acceptors (Lipinski definition) is 3. The first kappa shape index (κ1) is 15.3. The third kappa shape index (κ3) is 3.13. The first-order chi connectivity index (χ1) is 9.93. The number of aromatic carboxylic acids is 1. The summed E-state index contributed by atoms with van der Waals surface area (Å²) in [5.41, 5.74) is 2.58. The van der Waals surface area contributed by atoms with E-state index in [0.717, 1.165) is 16.0 Å². The Morgan fingerprint density at radius 2 is 1.81 bits per heavy atom. The summed E-state index contributed by atoms with van der Waals surface area (Å²) in [7, 11) is 0. The normalized spacial score (nSPS) is 10.4.